The van der Waals surface area contributed by atoms with Gasteiger partial charge in [-0.05, 0) is 22.0 Å². The zero-order valence-electron chi connectivity index (χ0n) is 6.74. The Morgan fingerprint density at radius 1 is 1.77 bits per heavy atom. The van der Waals surface area contributed by atoms with Crippen molar-refractivity contribution >= 4 is 27.6 Å². The average molecular weight is 247 g/mol. The highest BCUT2D eigenvalue weighted by Crippen LogP contribution is 2.26. The number of nitrogens with two attached hydrogens (primary N) is 1. The van der Waals surface area contributed by atoms with E-state index in [1.54, 1.807) is 0 Å². The van der Waals surface area contributed by atoms with E-state index in [1.165, 1.54) is 13.2 Å². The smallest absolute Gasteiger partial charge is 0.356 e. The third kappa shape index (κ3) is 1.89. The zero-order valence-corrected chi connectivity index (χ0v) is 8.33. The lowest BCUT2D eigenvalue weighted by Crippen LogP contribution is -2.06. The molecule has 0 aliphatic heterocycles. The minimum atomic E-state index is -1.18. The number of aromatic carboxylic acids is 1. The first kappa shape index (κ1) is 9.79. The molecule has 0 aliphatic carbocycles. The molecule has 1 rings (SSSR count). The predicted molar refractivity (Wildman–Crippen MR) is 49.9 cm³/mol. The van der Waals surface area contributed by atoms with Gasteiger partial charge in [0, 0.05) is 0 Å². The molecule has 13 heavy (non-hydrogen) atoms. The Labute approximate surface area is 82.7 Å². The molecular formula is C7H7BrN2O3. The molecule has 5 nitrogen and oxygen atoms in total. The lowest BCUT2D eigenvalue weighted by atomic mass is 10.3. The van der Waals surface area contributed by atoms with Crippen molar-refractivity contribution in [3.05, 3.63) is 16.2 Å². The predicted octanol–water partition coefficient (Wildman–Crippen LogP) is 1.13. The molecule has 1 aromatic heterocycles. The Bertz CT molecular complexity index is 354. The average Bonchev–Trinajstić information content (AvgIpc) is 2.03. The maximum Gasteiger partial charge on any atom is 0.356 e. The van der Waals surface area contributed by atoms with Crippen LogP contribution in [-0.4, -0.2) is 23.2 Å². The van der Waals surface area contributed by atoms with Crippen LogP contribution in [0.4, 0.5) is 5.69 Å². The quantitative estimate of drug-likeness (QED) is 0.818. The number of methoxy groups -OCH3 is 1. The molecule has 3 N–H and O–H groups in total. The number of nitrogen functional groups attached to an aromatic ring is 1. The largest absolute Gasteiger partial charge is 0.480 e. The number of ether oxygens (including phenoxy) is 1. The highest BCUT2D eigenvalue weighted by atomic mass is 79.9. The Hall–Kier alpha value is -1.30. The number of aromatic nitrogens is 1. The molecule has 0 aromatic carbocycles. The van der Waals surface area contributed by atoms with E-state index in [9.17, 15) is 4.79 Å². The topological polar surface area (TPSA) is 85.4 Å². The standard InChI is InChI=1S/C7H7BrN2O3/c1-13-6-3(8)2-4(9)5(10-6)7(11)12/h2H,9H2,1H3,(H,11,12). The van der Waals surface area contributed by atoms with Crippen LogP contribution in [0.5, 0.6) is 5.88 Å². The molecule has 0 atom stereocenters. The molecule has 0 fully saturated rings. The van der Waals surface area contributed by atoms with Crippen LogP contribution < -0.4 is 10.5 Å². The van der Waals surface area contributed by atoms with Gasteiger partial charge >= 0.3 is 5.97 Å². The molecule has 0 aliphatic rings. The third-order valence-corrected chi connectivity index (χ3v) is 1.94. The Morgan fingerprint density at radius 3 is 2.85 bits per heavy atom. The molecule has 0 saturated heterocycles. The number of carboxylic acid groups (broad SMARTS) is 1. The van der Waals surface area contributed by atoms with Crippen LogP contribution in [-0.2, 0) is 0 Å². The molecule has 70 valence electrons. The number of halogens is 1. The summed E-state index contributed by atoms with van der Waals surface area (Å²) in [6, 6.07) is 1.44. The fraction of sp³-hybridized carbons (Fsp3) is 0.143. The first-order chi connectivity index (χ1) is 6.06. The van der Waals surface area contributed by atoms with E-state index < -0.39 is 5.97 Å². The van der Waals surface area contributed by atoms with E-state index in [1.807, 2.05) is 0 Å². The van der Waals surface area contributed by atoms with Gasteiger partial charge in [-0.2, -0.15) is 0 Å². The Kier molecular flexibility index (Phi) is 2.72. The molecule has 1 aromatic rings. The Morgan fingerprint density at radius 2 is 2.38 bits per heavy atom. The molecule has 6 heteroatoms. The SMILES string of the molecule is COc1nc(C(=O)O)c(N)cc1Br. The van der Waals surface area contributed by atoms with Gasteiger partial charge in [0.1, 0.15) is 0 Å². The molecule has 0 radical (unpaired) electrons. The van der Waals surface area contributed by atoms with Crippen molar-refractivity contribution in [1.82, 2.24) is 4.98 Å². The van der Waals surface area contributed by atoms with Gasteiger partial charge in [-0.25, -0.2) is 9.78 Å². The van der Waals surface area contributed by atoms with Gasteiger partial charge < -0.3 is 15.6 Å². The van der Waals surface area contributed by atoms with E-state index in [0.717, 1.165) is 0 Å². The van der Waals surface area contributed by atoms with Crippen molar-refractivity contribution in [1.29, 1.82) is 0 Å². The van der Waals surface area contributed by atoms with Crippen molar-refractivity contribution in [3.63, 3.8) is 0 Å². The van der Waals surface area contributed by atoms with Crippen LogP contribution in [0.2, 0.25) is 0 Å². The van der Waals surface area contributed by atoms with Gasteiger partial charge in [-0.3, -0.25) is 0 Å². The first-order valence-corrected chi connectivity index (χ1v) is 4.09. The van der Waals surface area contributed by atoms with Crippen molar-refractivity contribution in [3.8, 4) is 5.88 Å². The lowest BCUT2D eigenvalue weighted by molar-refractivity contribution is 0.0690. The molecule has 0 unspecified atom stereocenters. The van der Waals surface area contributed by atoms with E-state index >= 15 is 0 Å². The summed E-state index contributed by atoms with van der Waals surface area (Å²) < 4.78 is 5.34. The number of hydrogen-bond acceptors (Lipinski definition) is 4. The van der Waals surface area contributed by atoms with Crippen LogP contribution >= 0.6 is 15.9 Å². The van der Waals surface area contributed by atoms with Crippen LogP contribution in [0, 0.1) is 0 Å². The minimum Gasteiger partial charge on any atom is -0.480 e. The summed E-state index contributed by atoms with van der Waals surface area (Å²) in [5.41, 5.74) is 5.31. The number of nitrogens with zero attached hydrogens (tertiary/aromatic N) is 1. The maximum absolute atomic E-state index is 10.6. The molecular weight excluding hydrogens is 240 g/mol. The number of rotatable bonds is 2. The number of carboxylic acids is 1. The molecule has 0 saturated carbocycles. The summed E-state index contributed by atoms with van der Waals surface area (Å²) in [7, 11) is 1.40. The number of pyridine rings is 1. The lowest BCUT2D eigenvalue weighted by Gasteiger charge is -2.05. The Balaban J connectivity index is 3.30. The van der Waals surface area contributed by atoms with Gasteiger partial charge in [-0.1, -0.05) is 0 Å². The summed E-state index contributed by atoms with van der Waals surface area (Å²) in [6.45, 7) is 0. The molecule has 0 spiro atoms. The van der Waals surface area contributed by atoms with Crippen molar-refractivity contribution in [2.75, 3.05) is 12.8 Å². The van der Waals surface area contributed by atoms with Crippen molar-refractivity contribution in [2.45, 2.75) is 0 Å². The maximum atomic E-state index is 10.6. The van der Waals surface area contributed by atoms with Gasteiger partial charge in [0.05, 0.1) is 17.3 Å². The molecule has 0 amide bonds. The first-order valence-electron chi connectivity index (χ1n) is 3.29. The summed E-state index contributed by atoms with van der Waals surface area (Å²) in [6.07, 6.45) is 0. The second-order valence-corrected chi connectivity index (χ2v) is 3.08. The monoisotopic (exact) mass is 246 g/mol. The second-order valence-electron chi connectivity index (χ2n) is 2.22. The van der Waals surface area contributed by atoms with Crippen LogP contribution in [0.25, 0.3) is 0 Å². The van der Waals surface area contributed by atoms with E-state index in [4.69, 9.17) is 15.6 Å². The van der Waals surface area contributed by atoms with Gasteiger partial charge in [-0.15, -0.1) is 0 Å². The summed E-state index contributed by atoms with van der Waals surface area (Å²) in [5, 5.41) is 8.66. The van der Waals surface area contributed by atoms with Crippen LogP contribution in [0.3, 0.4) is 0 Å². The molecule has 0 bridgehead atoms. The van der Waals surface area contributed by atoms with E-state index in [2.05, 4.69) is 20.9 Å². The van der Waals surface area contributed by atoms with E-state index in [-0.39, 0.29) is 17.3 Å². The summed E-state index contributed by atoms with van der Waals surface area (Å²) in [4.78, 5) is 14.3. The normalized spacial score (nSPS) is 9.69. The third-order valence-electron chi connectivity index (χ3n) is 1.37. The highest BCUT2D eigenvalue weighted by molar-refractivity contribution is 9.10. The van der Waals surface area contributed by atoms with Crippen molar-refractivity contribution < 1.29 is 14.6 Å². The van der Waals surface area contributed by atoms with Gasteiger partial charge in [0.2, 0.25) is 5.88 Å². The van der Waals surface area contributed by atoms with Gasteiger partial charge in [0.15, 0.2) is 5.69 Å². The van der Waals surface area contributed by atoms with Crippen molar-refractivity contribution in [2.24, 2.45) is 0 Å². The van der Waals surface area contributed by atoms with Crippen LogP contribution in [0.1, 0.15) is 10.5 Å². The number of hydrogen-bond donors (Lipinski definition) is 2. The fourth-order valence-electron chi connectivity index (χ4n) is 0.801. The number of anilines is 1. The molecule has 1 heterocycles. The summed E-state index contributed by atoms with van der Waals surface area (Å²) >= 11 is 3.13. The second kappa shape index (κ2) is 3.61. The zero-order chi connectivity index (χ0) is 10.0. The summed E-state index contributed by atoms with van der Waals surface area (Å²) in [5.74, 6) is -0.977. The highest BCUT2D eigenvalue weighted by Gasteiger charge is 2.13. The van der Waals surface area contributed by atoms with E-state index in [0.29, 0.717) is 4.47 Å². The minimum absolute atomic E-state index is 0.0974. The number of carbonyl (C=O) groups is 1. The van der Waals surface area contributed by atoms with Crippen LogP contribution in [0.15, 0.2) is 10.5 Å². The fourth-order valence-corrected chi connectivity index (χ4v) is 1.30. The van der Waals surface area contributed by atoms with Gasteiger partial charge in [0.25, 0.3) is 0 Å².